The molecule has 1 N–H and O–H groups in total. The lowest BCUT2D eigenvalue weighted by Crippen LogP contribution is -2.41. The Morgan fingerprint density at radius 2 is 2.26 bits per heavy atom. The summed E-state index contributed by atoms with van der Waals surface area (Å²) < 4.78 is 0. The van der Waals surface area contributed by atoms with Gasteiger partial charge in [0.05, 0.1) is 0 Å². The fraction of sp³-hybridized carbons (Fsp3) is 0.438. The maximum absolute atomic E-state index is 4.15. The van der Waals surface area contributed by atoms with Gasteiger partial charge in [0.2, 0.25) is 0 Å². The molecular weight excluding hydrogens is 234 g/mol. The molecule has 0 radical (unpaired) electrons. The van der Waals surface area contributed by atoms with Gasteiger partial charge in [0.1, 0.15) is 0 Å². The second kappa shape index (κ2) is 5.57. The third-order valence-electron chi connectivity index (χ3n) is 3.96. The normalized spacial score (nSPS) is 20.6. The molecule has 1 saturated heterocycles. The molecule has 0 spiro atoms. The second-order valence-electron chi connectivity index (χ2n) is 5.31. The van der Waals surface area contributed by atoms with Crippen molar-refractivity contribution in [1.82, 2.24) is 9.88 Å². The van der Waals surface area contributed by atoms with Crippen LogP contribution in [0.3, 0.4) is 0 Å². The van der Waals surface area contributed by atoms with Crippen LogP contribution in [0.25, 0.3) is 10.8 Å². The lowest BCUT2D eigenvalue weighted by Gasteiger charge is -2.32. The number of likely N-dealkylation sites (tertiary alicyclic amines) is 1. The number of hydrogen-bond donors (Lipinski definition) is 1. The summed E-state index contributed by atoms with van der Waals surface area (Å²) in [5.41, 5.74) is 1.22. The number of aromatic nitrogens is 1. The fourth-order valence-corrected chi connectivity index (χ4v) is 2.87. The Morgan fingerprint density at radius 1 is 1.32 bits per heavy atom. The van der Waals surface area contributed by atoms with E-state index in [1.807, 2.05) is 12.4 Å². The summed E-state index contributed by atoms with van der Waals surface area (Å²) in [4.78, 5) is 6.67. The van der Waals surface area contributed by atoms with E-state index in [0.29, 0.717) is 6.04 Å². The largest absolute Gasteiger partial charge is 0.381 e. The van der Waals surface area contributed by atoms with Gasteiger partial charge in [-0.1, -0.05) is 13.0 Å². The molecule has 0 saturated carbocycles. The van der Waals surface area contributed by atoms with Crippen LogP contribution in [0.15, 0.2) is 36.7 Å². The molecule has 3 rings (SSSR count). The summed E-state index contributed by atoms with van der Waals surface area (Å²) >= 11 is 0. The number of hydrogen-bond acceptors (Lipinski definition) is 3. The minimum absolute atomic E-state index is 0.577. The van der Waals surface area contributed by atoms with Crippen molar-refractivity contribution in [2.45, 2.75) is 25.8 Å². The smallest absolute Gasteiger partial charge is 0.0388 e. The van der Waals surface area contributed by atoms with Gasteiger partial charge in [0.25, 0.3) is 0 Å². The van der Waals surface area contributed by atoms with Crippen molar-refractivity contribution >= 4 is 16.5 Å². The SMILES string of the molecule is CCN1CCCC(Nc2ccc3cnccc3c2)C1. The molecule has 100 valence electrons. The molecule has 2 heterocycles. The molecule has 1 unspecified atom stereocenters. The number of nitrogens with one attached hydrogen (secondary N) is 1. The molecule has 3 nitrogen and oxygen atoms in total. The highest BCUT2D eigenvalue weighted by Gasteiger charge is 2.18. The maximum atomic E-state index is 4.15. The first-order valence-electron chi connectivity index (χ1n) is 7.18. The van der Waals surface area contributed by atoms with Crippen LogP contribution in [0, 0.1) is 0 Å². The van der Waals surface area contributed by atoms with Gasteiger partial charge in [-0.2, -0.15) is 0 Å². The van der Waals surface area contributed by atoms with E-state index in [9.17, 15) is 0 Å². The van der Waals surface area contributed by atoms with Gasteiger partial charge in [-0.25, -0.2) is 0 Å². The van der Waals surface area contributed by atoms with Gasteiger partial charge in [-0.05, 0) is 49.5 Å². The molecule has 2 aromatic rings. The van der Waals surface area contributed by atoms with Crippen molar-refractivity contribution in [2.75, 3.05) is 25.0 Å². The summed E-state index contributed by atoms with van der Waals surface area (Å²) in [6.45, 7) is 5.80. The first kappa shape index (κ1) is 12.4. The van der Waals surface area contributed by atoms with Gasteiger partial charge in [-0.15, -0.1) is 0 Å². The Hall–Kier alpha value is -1.61. The van der Waals surface area contributed by atoms with Crippen molar-refractivity contribution in [3.8, 4) is 0 Å². The maximum Gasteiger partial charge on any atom is 0.0388 e. The third kappa shape index (κ3) is 2.87. The monoisotopic (exact) mass is 255 g/mol. The second-order valence-corrected chi connectivity index (χ2v) is 5.31. The van der Waals surface area contributed by atoms with Crippen LogP contribution in [0.1, 0.15) is 19.8 Å². The highest BCUT2D eigenvalue weighted by molar-refractivity contribution is 5.84. The van der Waals surface area contributed by atoms with Crippen molar-refractivity contribution in [3.63, 3.8) is 0 Å². The van der Waals surface area contributed by atoms with Crippen LogP contribution in [-0.4, -0.2) is 35.6 Å². The van der Waals surface area contributed by atoms with Crippen molar-refractivity contribution in [1.29, 1.82) is 0 Å². The molecule has 1 aromatic heterocycles. The first-order valence-corrected chi connectivity index (χ1v) is 7.18. The molecule has 1 aliphatic heterocycles. The van der Waals surface area contributed by atoms with E-state index in [4.69, 9.17) is 0 Å². The number of piperidine rings is 1. The van der Waals surface area contributed by atoms with Crippen LogP contribution >= 0.6 is 0 Å². The molecule has 3 heteroatoms. The molecule has 0 bridgehead atoms. The highest BCUT2D eigenvalue weighted by Crippen LogP contribution is 2.20. The minimum atomic E-state index is 0.577. The lowest BCUT2D eigenvalue weighted by molar-refractivity contribution is 0.227. The molecule has 1 fully saturated rings. The molecule has 0 aliphatic carbocycles. The quantitative estimate of drug-likeness (QED) is 0.913. The van der Waals surface area contributed by atoms with Crippen LogP contribution in [-0.2, 0) is 0 Å². The Balaban J connectivity index is 1.74. The van der Waals surface area contributed by atoms with Crippen molar-refractivity contribution < 1.29 is 0 Å². The van der Waals surface area contributed by atoms with E-state index in [0.717, 1.165) is 13.1 Å². The highest BCUT2D eigenvalue weighted by atomic mass is 15.2. The number of likely N-dealkylation sites (N-methyl/N-ethyl adjacent to an activating group) is 1. The van der Waals surface area contributed by atoms with E-state index in [-0.39, 0.29) is 0 Å². The zero-order valence-electron chi connectivity index (χ0n) is 11.5. The fourth-order valence-electron chi connectivity index (χ4n) is 2.87. The summed E-state index contributed by atoms with van der Waals surface area (Å²) in [7, 11) is 0. The lowest BCUT2D eigenvalue weighted by atomic mass is 10.0. The minimum Gasteiger partial charge on any atom is -0.381 e. The Labute approximate surface area is 114 Å². The number of rotatable bonds is 3. The molecular formula is C16H21N3. The molecule has 1 aromatic carbocycles. The van der Waals surface area contributed by atoms with Crippen molar-refractivity contribution in [3.05, 3.63) is 36.7 Å². The van der Waals surface area contributed by atoms with E-state index >= 15 is 0 Å². The first-order chi connectivity index (χ1) is 9.35. The van der Waals surface area contributed by atoms with E-state index in [1.165, 1.54) is 35.8 Å². The van der Waals surface area contributed by atoms with Crippen LogP contribution in [0.4, 0.5) is 5.69 Å². The van der Waals surface area contributed by atoms with Gasteiger partial charge in [-0.3, -0.25) is 4.98 Å². The number of nitrogens with zero attached hydrogens (tertiary/aromatic N) is 2. The van der Waals surface area contributed by atoms with Gasteiger partial charge >= 0.3 is 0 Å². The number of benzene rings is 1. The summed E-state index contributed by atoms with van der Waals surface area (Å²) in [6.07, 6.45) is 6.33. The molecule has 1 aliphatic rings. The Bertz CT molecular complexity index is 552. The van der Waals surface area contributed by atoms with Crippen LogP contribution < -0.4 is 5.32 Å². The van der Waals surface area contributed by atoms with Crippen molar-refractivity contribution in [2.24, 2.45) is 0 Å². The topological polar surface area (TPSA) is 28.2 Å². The average Bonchev–Trinajstić information content (AvgIpc) is 2.47. The summed E-state index contributed by atoms with van der Waals surface area (Å²) in [5, 5.41) is 6.13. The average molecular weight is 255 g/mol. The molecule has 1 atom stereocenters. The van der Waals surface area contributed by atoms with Crippen LogP contribution in [0.2, 0.25) is 0 Å². The standard InChI is InChI=1S/C16H21N3/c1-2-19-9-3-4-16(12-19)18-15-6-5-14-11-17-8-7-13(14)10-15/h5-8,10-11,16,18H,2-4,9,12H2,1H3. The number of pyridine rings is 1. The molecule has 0 amide bonds. The van der Waals surface area contributed by atoms with Gasteiger partial charge in [0.15, 0.2) is 0 Å². The van der Waals surface area contributed by atoms with Gasteiger partial charge < -0.3 is 10.2 Å². The van der Waals surface area contributed by atoms with Crippen LogP contribution in [0.5, 0.6) is 0 Å². The zero-order chi connectivity index (χ0) is 13.1. The predicted molar refractivity (Wildman–Crippen MR) is 80.5 cm³/mol. The number of fused-ring (bicyclic) bond motifs is 1. The van der Waals surface area contributed by atoms with Gasteiger partial charge in [0, 0.05) is 36.1 Å². The third-order valence-corrected chi connectivity index (χ3v) is 3.96. The van der Waals surface area contributed by atoms with E-state index < -0.39 is 0 Å². The zero-order valence-corrected chi connectivity index (χ0v) is 11.5. The Kier molecular flexibility index (Phi) is 3.65. The summed E-state index contributed by atoms with van der Waals surface area (Å²) in [6, 6.07) is 9.18. The van der Waals surface area contributed by atoms with E-state index in [2.05, 4.69) is 46.4 Å². The van der Waals surface area contributed by atoms with E-state index in [1.54, 1.807) is 0 Å². The number of anilines is 1. The Morgan fingerprint density at radius 3 is 3.16 bits per heavy atom. The predicted octanol–water partition coefficient (Wildman–Crippen LogP) is 3.13. The molecule has 19 heavy (non-hydrogen) atoms. The summed E-state index contributed by atoms with van der Waals surface area (Å²) in [5.74, 6) is 0.